The van der Waals surface area contributed by atoms with Crippen LogP contribution in [-0.2, 0) is 0 Å². The average Bonchev–Trinajstić information content (AvgIpc) is 2.84. The number of halogens is 3. The van der Waals surface area contributed by atoms with Crippen LogP contribution in [-0.4, -0.2) is 10.2 Å². The highest BCUT2D eigenvalue weighted by Gasteiger charge is 2.16. The van der Waals surface area contributed by atoms with Crippen LogP contribution < -0.4 is 5.73 Å². The van der Waals surface area contributed by atoms with Gasteiger partial charge in [-0.2, -0.15) is 0 Å². The number of nitrogens with two attached hydrogens (primary N) is 1. The summed E-state index contributed by atoms with van der Waals surface area (Å²) in [6.07, 6.45) is 0.681. The van der Waals surface area contributed by atoms with Gasteiger partial charge in [0.05, 0.1) is 6.04 Å². The Labute approximate surface area is 105 Å². The second-order valence-corrected chi connectivity index (χ2v) is 4.72. The van der Waals surface area contributed by atoms with Crippen molar-refractivity contribution >= 4 is 11.3 Å². The second kappa shape index (κ2) is 5.03. The van der Waals surface area contributed by atoms with Gasteiger partial charge in [-0.25, -0.2) is 13.2 Å². The first-order valence-corrected chi connectivity index (χ1v) is 6.08. The zero-order chi connectivity index (χ0) is 13.3. The summed E-state index contributed by atoms with van der Waals surface area (Å²) in [4.78, 5) is 0. The molecule has 0 bridgehead atoms. The van der Waals surface area contributed by atoms with Gasteiger partial charge in [0.1, 0.15) is 10.0 Å². The lowest BCUT2D eigenvalue weighted by Crippen LogP contribution is -2.07. The molecule has 0 saturated carbocycles. The van der Waals surface area contributed by atoms with Gasteiger partial charge in [0.15, 0.2) is 17.5 Å². The summed E-state index contributed by atoms with van der Waals surface area (Å²) in [7, 11) is 0. The molecule has 0 saturated heterocycles. The van der Waals surface area contributed by atoms with Crippen molar-refractivity contribution in [2.45, 2.75) is 19.4 Å². The number of aromatic nitrogens is 2. The lowest BCUT2D eigenvalue weighted by molar-refractivity contribution is 0.447. The maximum absolute atomic E-state index is 13.1. The molecule has 0 aliphatic carbocycles. The van der Waals surface area contributed by atoms with Crippen LogP contribution in [0.1, 0.15) is 24.4 Å². The molecule has 0 fully saturated rings. The highest BCUT2D eigenvalue weighted by molar-refractivity contribution is 7.14. The number of rotatable bonds is 3. The predicted octanol–water partition coefficient (Wildman–Crippen LogP) is 3.03. The Morgan fingerprint density at radius 1 is 1.22 bits per heavy atom. The average molecular weight is 273 g/mol. The fraction of sp³-hybridized carbons (Fsp3) is 0.273. The maximum atomic E-state index is 13.1. The van der Waals surface area contributed by atoms with E-state index >= 15 is 0 Å². The molecule has 2 aromatic rings. The maximum Gasteiger partial charge on any atom is 0.194 e. The van der Waals surface area contributed by atoms with Crippen LogP contribution in [0.5, 0.6) is 0 Å². The zero-order valence-corrected chi connectivity index (χ0v) is 10.3. The monoisotopic (exact) mass is 273 g/mol. The van der Waals surface area contributed by atoms with Gasteiger partial charge < -0.3 is 5.73 Å². The van der Waals surface area contributed by atoms with Crippen LogP contribution in [0.4, 0.5) is 13.2 Å². The Morgan fingerprint density at radius 3 is 2.39 bits per heavy atom. The van der Waals surface area contributed by atoms with Crippen molar-refractivity contribution in [1.82, 2.24) is 10.2 Å². The summed E-state index contributed by atoms with van der Waals surface area (Å²) in [6.45, 7) is 1.89. The molecular formula is C11H10F3N3S. The minimum absolute atomic E-state index is 0.151. The van der Waals surface area contributed by atoms with Gasteiger partial charge in [-0.1, -0.05) is 18.3 Å². The summed E-state index contributed by atoms with van der Waals surface area (Å²) in [5, 5.41) is 8.54. The Hall–Kier alpha value is -1.47. The van der Waals surface area contributed by atoms with Crippen molar-refractivity contribution in [3.05, 3.63) is 34.6 Å². The molecule has 1 aromatic carbocycles. The molecule has 0 amide bonds. The van der Waals surface area contributed by atoms with Gasteiger partial charge in [-0.05, 0) is 18.6 Å². The van der Waals surface area contributed by atoms with Gasteiger partial charge in [0.2, 0.25) is 0 Å². The van der Waals surface area contributed by atoms with Crippen LogP contribution >= 0.6 is 11.3 Å². The summed E-state index contributed by atoms with van der Waals surface area (Å²) in [6, 6.07) is 1.52. The van der Waals surface area contributed by atoms with Crippen molar-refractivity contribution < 1.29 is 13.2 Å². The Kier molecular flexibility index (Phi) is 3.63. The molecule has 96 valence electrons. The van der Waals surface area contributed by atoms with Crippen LogP contribution in [0.15, 0.2) is 12.1 Å². The highest BCUT2D eigenvalue weighted by Crippen LogP contribution is 2.28. The van der Waals surface area contributed by atoms with Gasteiger partial charge in [0.25, 0.3) is 0 Å². The summed E-state index contributed by atoms with van der Waals surface area (Å²) in [5.41, 5.74) is 5.92. The SMILES string of the molecule is CCC(N)c1nnc(-c2cc(F)c(F)c(F)c2)s1. The molecule has 3 nitrogen and oxygen atoms in total. The van der Waals surface area contributed by atoms with Crippen molar-refractivity contribution in [2.75, 3.05) is 0 Å². The van der Waals surface area contributed by atoms with Crippen LogP contribution in [0.2, 0.25) is 0 Å². The van der Waals surface area contributed by atoms with E-state index in [0.29, 0.717) is 16.4 Å². The fourth-order valence-corrected chi connectivity index (χ4v) is 2.27. The van der Waals surface area contributed by atoms with Crippen molar-refractivity contribution in [2.24, 2.45) is 5.73 Å². The molecule has 2 rings (SSSR count). The van der Waals surface area contributed by atoms with E-state index < -0.39 is 17.5 Å². The minimum atomic E-state index is -1.49. The first-order chi connectivity index (χ1) is 8.52. The third-order valence-electron chi connectivity index (χ3n) is 2.43. The van der Waals surface area contributed by atoms with Crippen molar-refractivity contribution in [3.63, 3.8) is 0 Å². The third-order valence-corrected chi connectivity index (χ3v) is 3.53. The summed E-state index contributed by atoms with van der Waals surface area (Å²) >= 11 is 1.14. The molecule has 2 N–H and O–H groups in total. The summed E-state index contributed by atoms with van der Waals surface area (Å²) < 4.78 is 39.0. The van der Waals surface area contributed by atoms with Gasteiger partial charge in [-0.3, -0.25) is 0 Å². The summed E-state index contributed by atoms with van der Waals surface area (Å²) in [5.74, 6) is -3.99. The van der Waals surface area contributed by atoms with Crippen molar-refractivity contribution in [1.29, 1.82) is 0 Å². The predicted molar refractivity (Wildman–Crippen MR) is 62.4 cm³/mol. The number of hydrogen-bond donors (Lipinski definition) is 1. The molecule has 0 radical (unpaired) electrons. The molecule has 0 aliphatic rings. The molecule has 18 heavy (non-hydrogen) atoms. The molecule has 1 aromatic heterocycles. The van der Waals surface area contributed by atoms with Crippen molar-refractivity contribution in [3.8, 4) is 10.6 Å². The molecular weight excluding hydrogens is 263 g/mol. The smallest absolute Gasteiger partial charge is 0.194 e. The van der Waals surface area contributed by atoms with Gasteiger partial charge in [0, 0.05) is 5.56 Å². The number of benzene rings is 1. The standard InChI is InChI=1S/C11H10F3N3S/c1-2-8(15)11-17-16-10(18-11)5-3-6(12)9(14)7(13)4-5/h3-4,8H,2,15H2,1H3. The fourth-order valence-electron chi connectivity index (χ4n) is 1.35. The highest BCUT2D eigenvalue weighted by atomic mass is 32.1. The Morgan fingerprint density at radius 2 is 1.83 bits per heavy atom. The number of hydrogen-bond acceptors (Lipinski definition) is 4. The van der Waals surface area contributed by atoms with Crippen LogP contribution in [0, 0.1) is 17.5 Å². The van der Waals surface area contributed by atoms with Crippen LogP contribution in [0.25, 0.3) is 10.6 Å². The Bertz CT molecular complexity index is 547. The van der Waals surface area contributed by atoms with E-state index in [4.69, 9.17) is 5.73 Å². The third kappa shape index (κ3) is 2.37. The van der Waals surface area contributed by atoms with E-state index in [1.165, 1.54) is 0 Å². The molecule has 0 spiro atoms. The molecule has 1 atom stereocenters. The van der Waals surface area contributed by atoms with E-state index in [2.05, 4.69) is 10.2 Å². The lowest BCUT2D eigenvalue weighted by atomic mass is 10.2. The van der Waals surface area contributed by atoms with Crippen LogP contribution in [0.3, 0.4) is 0 Å². The Balaban J connectivity index is 2.40. The first-order valence-electron chi connectivity index (χ1n) is 5.26. The normalized spacial score (nSPS) is 12.7. The largest absolute Gasteiger partial charge is 0.322 e. The van der Waals surface area contributed by atoms with E-state index in [1.807, 2.05) is 6.92 Å². The molecule has 1 unspecified atom stereocenters. The first kappa shape index (κ1) is 13.0. The zero-order valence-electron chi connectivity index (χ0n) is 9.45. The number of nitrogens with zero attached hydrogens (tertiary/aromatic N) is 2. The molecule has 0 aliphatic heterocycles. The quantitative estimate of drug-likeness (QED) is 0.874. The minimum Gasteiger partial charge on any atom is -0.322 e. The van der Waals surface area contributed by atoms with Gasteiger partial charge >= 0.3 is 0 Å². The molecule has 1 heterocycles. The lowest BCUT2D eigenvalue weighted by Gasteiger charge is -2.01. The van der Waals surface area contributed by atoms with E-state index in [1.54, 1.807) is 0 Å². The topological polar surface area (TPSA) is 51.8 Å². The van der Waals surface area contributed by atoms with Gasteiger partial charge in [-0.15, -0.1) is 10.2 Å². The van der Waals surface area contributed by atoms with E-state index in [0.717, 1.165) is 23.5 Å². The molecule has 7 heteroatoms. The van der Waals surface area contributed by atoms with E-state index in [9.17, 15) is 13.2 Å². The second-order valence-electron chi connectivity index (χ2n) is 3.71. The van der Waals surface area contributed by atoms with E-state index in [-0.39, 0.29) is 11.6 Å².